The zero-order chi connectivity index (χ0) is 16.1. The minimum Gasteiger partial charge on any atom is -0.480 e. The van der Waals surface area contributed by atoms with Crippen LogP contribution in [-0.2, 0) is 9.59 Å². The summed E-state index contributed by atoms with van der Waals surface area (Å²) in [7, 11) is 0. The van der Waals surface area contributed by atoms with E-state index in [2.05, 4.69) is 20.7 Å². The van der Waals surface area contributed by atoms with Gasteiger partial charge in [-0.15, -0.1) is 10.2 Å². The van der Waals surface area contributed by atoms with Crippen LogP contribution in [-0.4, -0.2) is 43.2 Å². The van der Waals surface area contributed by atoms with Crippen molar-refractivity contribution in [3.63, 3.8) is 0 Å². The molecular formula is C14H17N5O3. The predicted octanol–water partition coefficient (Wildman–Crippen LogP) is 0.880. The number of carboxylic acid groups (broad SMARTS) is 1. The van der Waals surface area contributed by atoms with Crippen molar-refractivity contribution < 1.29 is 14.7 Å². The highest BCUT2D eigenvalue weighted by Crippen LogP contribution is 2.13. The zero-order valence-electron chi connectivity index (χ0n) is 12.3. The number of hydrogen-bond donors (Lipinski definition) is 2. The Balaban J connectivity index is 2.10. The number of aromatic nitrogens is 4. The van der Waals surface area contributed by atoms with E-state index < -0.39 is 24.0 Å². The number of tetrazole rings is 1. The Morgan fingerprint density at radius 2 is 2.00 bits per heavy atom. The molecule has 0 radical (unpaired) electrons. The maximum Gasteiger partial charge on any atom is 0.326 e. The van der Waals surface area contributed by atoms with Crippen LogP contribution in [0.4, 0.5) is 0 Å². The lowest BCUT2D eigenvalue weighted by Crippen LogP contribution is -2.43. The lowest BCUT2D eigenvalue weighted by atomic mass is 10.2. The van der Waals surface area contributed by atoms with E-state index in [0.29, 0.717) is 12.2 Å². The summed E-state index contributed by atoms with van der Waals surface area (Å²) in [5.41, 5.74) is 0.790. The number of carboxylic acids is 1. The van der Waals surface area contributed by atoms with Crippen molar-refractivity contribution in [2.24, 2.45) is 0 Å². The minimum absolute atomic E-state index is 0.299. The SMILES string of the molecule is CCC(NC(=O)C(C)n1nnc(-c2ccccc2)n1)C(=O)O. The van der Waals surface area contributed by atoms with E-state index in [1.54, 1.807) is 13.8 Å². The molecule has 0 aliphatic carbocycles. The van der Waals surface area contributed by atoms with Crippen LogP contribution in [0.5, 0.6) is 0 Å². The van der Waals surface area contributed by atoms with E-state index in [-0.39, 0.29) is 0 Å². The highest BCUT2D eigenvalue weighted by molar-refractivity contribution is 5.85. The number of nitrogens with one attached hydrogen (secondary N) is 1. The molecule has 0 bridgehead atoms. The average Bonchev–Trinajstić information content (AvgIpc) is 3.02. The van der Waals surface area contributed by atoms with E-state index in [1.165, 1.54) is 4.80 Å². The van der Waals surface area contributed by atoms with Gasteiger partial charge in [-0.05, 0) is 18.6 Å². The molecule has 1 heterocycles. The Morgan fingerprint density at radius 3 is 2.59 bits per heavy atom. The van der Waals surface area contributed by atoms with Crippen LogP contribution < -0.4 is 5.32 Å². The number of rotatable bonds is 6. The van der Waals surface area contributed by atoms with Gasteiger partial charge in [0, 0.05) is 5.56 Å². The molecule has 2 aromatic rings. The zero-order valence-corrected chi connectivity index (χ0v) is 12.3. The number of hydrogen-bond acceptors (Lipinski definition) is 5. The monoisotopic (exact) mass is 303 g/mol. The van der Waals surface area contributed by atoms with E-state index in [4.69, 9.17) is 5.11 Å². The molecule has 0 fully saturated rings. The second-order valence-electron chi connectivity index (χ2n) is 4.78. The third-order valence-electron chi connectivity index (χ3n) is 3.21. The lowest BCUT2D eigenvalue weighted by Gasteiger charge is -2.15. The fourth-order valence-electron chi connectivity index (χ4n) is 1.83. The Morgan fingerprint density at radius 1 is 1.32 bits per heavy atom. The third kappa shape index (κ3) is 3.46. The summed E-state index contributed by atoms with van der Waals surface area (Å²) >= 11 is 0. The topological polar surface area (TPSA) is 110 Å². The van der Waals surface area contributed by atoms with Gasteiger partial charge in [0.15, 0.2) is 0 Å². The number of aliphatic carboxylic acids is 1. The van der Waals surface area contributed by atoms with Crippen LogP contribution in [0.15, 0.2) is 30.3 Å². The quantitative estimate of drug-likeness (QED) is 0.819. The molecule has 22 heavy (non-hydrogen) atoms. The first-order valence-electron chi connectivity index (χ1n) is 6.91. The largest absolute Gasteiger partial charge is 0.480 e. The van der Waals surface area contributed by atoms with Crippen LogP contribution >= 0.6 is 0 Å². The Hall–Kier alpha value is -2.77. The van der Waals surface area contributed by atoms with Gasteiger partial charge in [-0.1, -0.05) is 37.3 Å². The van der Waals surface area contributed by atoms with Gasteiger partial charge in [0.2, 0.25) is 11.7 Å². The molecule has 1 aromatic heterocycles. The molecule has 1 aromatic carbocycles. The van der Waals surface area contributed by atoms with Crippen molar-refractivity contribution >= 4 is 11.9 Å². The van der Waals surface area contributed by atoms with E-state index in [9.17, 15) is 9.59 Å². The summed E-state index contributed by atoms with van der Waals surface area (Å²) in [5.74, 6) is -1.13. The number of carbonyl (C=O) groups is 2. The number of amides is 1. The van der Waals surface area contributed by atoms with Crippen LogP contribution in [0.3, 0.4) is 0 Å². The molecule has 116 valence electrons. The minimum atomic E-state index is -1.07. The van der Waals surface area contributed by atoms with Gasteiger partial charge >= 0.3 is 5.97 Å². The molecule has 2 N–H and O–H groups in total. The van der Waals surface area contributed by atoms with Crippen LogP contribution in [0.25, 0.3) is 11.4 Å². The third-order valence-corrected chi connectivity index (χ3v) is 3.21. The summed E-state index contributed by atoms with van der Waals surface area (Å²) < 4.78 is 0. The molecule has 0 aliphatic rings. The standard InChI is InChI=1S/C14H17N5O3/c1-3-11(14(21)22)15-13(20)9(2)19-17-12(16-18-19)10-7-5-4-6-8-10/h4-9,11H,3H2,1-2H3,(H,15,20)(H,21,22). The van der Waals surface area contributed by atoms with Gasteiger partial charge in [0.05, 0.1) is 0 Å². The van der Waals surface area contributed by atoms with Crippen LogP contribution in [0, 0.1) is 0 Å². The normalized spacial score (nSPS) is 13.4. The summed E-state index contributed by atoms with van der Waals surface area (Å²) in [4.78, 5) is 24.2. The van der Waals surface area contributed by atoms with Gasteiger partial charge in [-0.2, -0.15) is 4.80 Å². The molecule has 0 aliphatic heterocycles. The molecule has 8 heteroatoms. The summed E-state index contributed by atoms with van der Waals surface area (Å²) in [6.07, 6.45) is 0.299. The second kappa shape index (κ2) is 6.79. The van der Waals surface area contributed by atoms with Crippen molar-refractivity contribution in [1.29, 1.82) is 0 Å². The van der Waals surface area contributed by atoms with Gasteiger partial charge in [-0.25, -0.2) is 4.79 Å². The molecule has 2 unspecified atom stereocenters. The number of nitrogens with zero attached hydrogens (tertiary/aromatic N) is 4. The fraction of sp³-hybridized carbons (Fsp3) is 0.357. The van der Waals surface area contributed by atoms with Gasteiger partial charge in [-0.3, -0.25) is 4.79 Å². The molecule has 2 rings (SSSR count). The van der Waals surface area contributed by atoms with Crippen molar-refractivity contribution in [3.8, 4) is 11.4 Å². The Bertz CT molecular complexity index is 656. The lowest BCUT2D eigenvalue weighted by molar-refractivity contribution is -0.142. The van der Waals surface area contributed by atoms with Crippen molar-refractivity contribution in [3.05, 3.63) is 30.3 Å². The van der Waals surface area contributed by atoms with Gasteiger partial charge < -0.3 is 10.4 Å². The van der Waals surface area contributed by atoms with E-state index >= 15 is 0 Å². The molecule has 0 spiro atoms. The van der Waals surface area contributed by atoms with Crippen molar-refractivity contribution in [2.75, 3.05) is 0 Å². The first kappa shape index (κ1) is 15.6. The average molecular weight is 303 g/mol. The predicted molar refractivity (Wildman–Crippen MR) is 77.8 cm³/mol. The molecule has 0 saturated carbocycles. The maximum atomic E-state index is 12.1. The molecule has 1 amide bonds. The Kier molecular flexibility index (Phi) is 4.82. The summed E-state index contributed by atoms with van der Waals surface area (Å²) in [6.45, 7) is 3.27. The van der Waals surface area contributed by atoms with Crippen LogP contribution in [0.2, 0.25) is 0 Å². The van der Waals surface area contributed by atoms with E-state index in [0.717, 1.165) is 5.56 Å². The van der Waals surface area contributed by atoms with E-state index in [1.807, 2.05) is 30.3 Å². The summed E-state index contributed by atoms with van der Waals surface area (Å²) in [5, 5.41) is 23.3. The highest BCUT2D eigenvalue weighted by Gasteiger charge is 2.24. The highest BCUT2D eigenvalue weighted by atomic mass is 16.4. The molecule has 2 atom stereocenters. The van der Waals surface area contributed by atoms with Crippen molar-refractivity contribution in [1.82, 2.24) is 25.5 Å². The first-order valence-corrected chi connectivity index (χ1v) is 6.91. The number of benzene rings is 1. The van der Waals surface area contributed by atoms with Gasteiger partial charge in [0.25, 0.3) is 0 Å². The fourth-order valence-corrected chi connectivity index (χ4v) is 1.83. The van der Waals surface area contributed by atoms with Crippen LogP contribution in [0.1, 0.15) is 26.3 Å². The molecule has 0 saturated heterocycles. The smallest absolute Gasteiger partial charge is 0.326 e. The second-order valence-corrected chi connectivity index (χ2v) is 4.78. The van der Waals surface area contributed by atoms with Crippen molar-refractivity contribution in [2.45, 2.75) is 32.4 Å². The summed E-state index contributed by atoms with van der Waals surface area (Å²) in [6, 6.07) is 7.58. The molecular weight excluding hydrogens is 286 g/mol. The Labute approximate surface area is 127 Å². The number of carbonyl (C=O) groups excluding carboxylic acids is 1. The maximum absolute atomic E-state index is 12.1. The first-order chi connectivity index (χ1) is 10.5. The molecule has 8 nitrogen and oxygen atoms in total. The van der Waals surface area contributed by atoms with Gasteiger partial charge in [0.1, 0.15) is 12.1 Å².